The van der Waals surface area contributed by atoms with E-state index in [9.17, 15) is 4.79 Å². The molecule has 1 aromatic heterocycles. The number of fused-ring (bicyclic) bond motifs is 1. The van der Waals surface area contributed by atoms with Gasteiger partial charge >= 0.3 is 0 Å². The second-order valence-corrected chi connectivity index (χ2v) is 5.56. The molecular formula is C16H20N3O3Sg-. The molecule has 0 atom stereocenters. The van der Waals surface area contributed by atoms with E-state index in [-0.39, 0.29) is 11.7 Å². The zero-order valence-electron chi connectivity index (χ0n) is 13.5. The van der Waals surface area contributed by atoms with Gasteiger partial charge in [0.15, 0.2) is 11.5 Å². The largest absolute Gasteiger partial charge is 0.662 e. The minimum absolute atomic E-state index is 0. The Hall–Kier alpha value is -3.08. The number of rotatable bonds is 4. The first-order chi connectivity index (χ1) is 10.7. The van der Waals surface area contributed by atoms with E-state index in [1.807, 2.05) is 7.05 Å². The van der Waals surface area contributed by atoms with Crippen molar-refractivity contribution in [2.24, 2.45) is 0 Å². The first-order valence-electron chi connectivity index (χ1n) is 7.52. The molecule has 0 unspecified atom stereocenters. The summed E-state index contributed by atoms with van der Waals surface area (Å²) < 4.78 is 11.5. The summed E-state index contributed by atoms with van der Waals surface area (Å²) in [6, 6.07) is 3.91. The zero-order chi connectivity index (χ0) is 15.5. The van der Waals surface area contributed by atoms with Gasteiger partial charge in [-0.25, -0.2) is 4.98 Å². The second-order valence-electron chi connectivity index (χ2n) is 5.56. The average Bonchev–Trinajstić information content (AvgIpc) is 2.56. The van der Waals surface area contributed by atoms with Gasteiger partial charge in [-0.1, -0.05) is 12.8 Å². The number of methoxy groups -OCH3 is 1. The van der Waals surface area contributed by atoms with E-state index in [2.05, 4.69) is 15.3 Å². The van der Waals surface area contributed by atoms with Gasteiger partial charge in [0.25, 0.3) is 5.56 Å². The summed E-state index contributed by atoms with van der Waals surface area (Å²) in [5.41, 5.74) is 0.424. The molecule has 1 aliphatic rings. The molecule has 1 aromatic carbocycles. The molecule has 1 saturated carbocycles. The Labute approximate surface area is 128 Å². The number of H-pyrrole nitrogens is 1. The van der Waals surface area contributed by atoms with E-state index in [4.69, 9.17) is 9.47 Å². The molecule has 1 N–H and O–H groups in total. The third-order valence-corrected chi connectivity index (χ3v) is 4.23. The molecule has 0 spiro atoms. The van der Waals surface area contributed by atoms with Gasteiger partial charge in [-0.05, 0) is 18.9 Å². The van der Waals surface area contributed by atoms with Crippen molar-refractivity contribution in [2.45, 2.75) is 37.8 Å². The maximum absolute atomic E-state index is 11.9. The van der Waals surface area contributed by atoms with Crippen LogP contribution in [0.4, 0.5) is 0 Å². The van der Waals surface area contributed by atoms with Gasteiger partial charge in [-0.15, -0.1) is 6.04 Å². The van der Waals surface area contributed by atoms with Crippen LogP contribution in [0.25, 0.3) is 16.2 Å². The van der Waals surface area contributed by atoms with Crippen molar-refractivity contribution in [3.8, 4) is 11.5 Å². The van der Waals surface area contributed by atoms with Crippen molar-refractivity contribution in [2.75, 3.05) is 14.2 Å². The average molecular weight is 571 g/mol. The van der Waals surface area contributed by atoms with Crippen LogP contribution in [0.5, 0.6) is 11.5 Å². The topological polar surface area (TPSA) is 78.3 Å². The Morgan fingerprint density at radius 3 is 2.61 bits per heavy atom. The normalized spacial score (nSPS) is 20.8. The van der Waals surface area contributed by atoms with Crippen molar-refractivity contribution in [1.29, 1.82) is 0 Å². The Kier molecular flexibility index (Phi) is 4.81. The monoisotopic (exact) mass is 573 g/mol. The summed E-state index contributed by atoms with van der Waals surface area (Å²) in [6.45, 7) is 0. The maximum atomic E-state index is 11.9. The third kappa shape index (κ3) is 3.23. The Balaban J connectivity index is 0.00000192. The van der Waals surface area contributed by atoms with Crippen molar-refractivity contribution in [3.05, 3.63) is 34.1 Å². The van der Waals surface area contributed by atoms with Gasteiger partial charge in [-0.2, -0.15) is 7.05 Å². The molecule has 1 fully saturated rings. The minimum Gasteiger partial charge on any atom is -0.662 e. The van der Waals surface area contributed by atoms with Gasteiger partial charge in [0.05, 0.1) is 30.4 Å². The van der Waals surface area contributed by atoms with Crippen molar-refractivity contribution in [3.63, 3.8) is 0 Å². The summed E-state index contributed by atoms with van der Waals surface area (Å²) in [6.07, 6.45) is 5.54. The summed E-state index contributed by atoms with van der Waals surface area (Å²) in [7, 11) is 3.46. The number of benzene rings is 1. The van der Waals surface area contributed by atoms with Crippen molar-refractivity contribution >= 4 is 10.9 Å². The Morgan fingerprint density at radius 1 is 1.22 bits per heavy atom. The van der Waals surface area contributed by atoms with Gasteiger partial charge in [0, 0.05) is 6.07 Å². The molecule has 120 valence electrons. The van der Waals surface area contributed by atoms with E-state index < -0.39 is 0 Å². The van der Waals surface area contributed by atoms with E-state index >= 15 is 0 Å². The number of aromatic nitrogens is 2. The molecule has 0 amide bonds. The first kappa shape index (κ1) is 16.3. The summed E-state index contributed by atoms with van der Waals surface area (Å²) >= 11 is 0. The quantitative estimate of drug-likeness (QED) is 0.613. The molecule has 0 radical (unpaired) electrons. The SMILES string of the molecule is C[N-]C1CCC(Oc2cc3c(=O)[nH]cnc3cc2OC)CC1.[Sg]. The number of aromatic amines is 1. The molecular weight excluding hydrogens is 551 g/mol. The molecule has 23 heavy (non-hydrogen) atoms. The van der Waals surface area contributed by atoms with Gasteiger partial charge in [-0.3, -0.25) is 4.79 Å². The van der Waals surface area contributed by atoms with Crippen molar-refractivity contribution in [1.82, 2.24) is 9.97 Å². The fourth-order valence-electron chi connectivity index (χ4n) is 2.93. The molecule has 1 heterocycles. The van der Waals surface area contributed by atoms with Crippen LogP contribution in [-0.2, 0) is 0 Å². The fraction of sp³-hybridized carbons (Fsp3) is 0.500. The van der Waals surface area contributed by atoms with E-state index in [0.717, 1.165) is 25.7 Å². The molecule has 7 heteroatoms. The number of nitrogens with one attached hydrogen (secondary N) is 1. The second kappa shape index (κ2) is 6.79. The van der Waals surface area contributed by atoms with E-state index in [1.165, 1.54) is 6.33 Å². The molecule has 6 nitrogen and oxygen atoms in total. The third-order valence-electron chi connectivity index (χ3n) is 4.23. The van der Waals surface area contributed by atoms with Gasteiger partial charge in [0.1, 0.15) is 0 Å². The van der Waals surface area contributed by atoms with Crippen LogP contribution in [0, 0.1) is 0 Å². The standard InChI is InChI=1S/C16H20N3O3.Sg/c1-17-10-3-5-11(6-4-10)22-15-7-12-13(8-14(15)21-2)18-9-19-16(12)20;/h7-11H,3-6H2,1-2H3,(H,18,19,20);/q-1;. The molecule has 1 aliphatic carbocycles. The van der Waals surface area contributed by atoms with Crippen LogP contribution in [-0.4, -0.2) is 36.3 Å². The van der Waals surface area contributed by atoms with Gasteiger partial charge < -0.3 is 19.8 Å². The Morgan fingerprint density at radius 2 is 1.96 bits per heavy atom. The molecule has 3 rings (SSSR count). The number of hydrogen-bond donors (Lipinski definition) is 1. The number of nitrogens with zero attached hydrogens (tertiary/aromatic N) is 2. The number of ether oxygens (including phenoxy) is 2. The molecule has 0 aliphatic heterocycles. The van der Waals surface area contributed by atoms with E-state index in [1.54, 1.807) is 19.2 Å². The zero-order valence-corrected chi connectivity index (χ0v) is 20.0. The minimum atomic E-state index is -0.175. The van der Waals surface area contributed by atoms with Crippen LogP contribution >= 0.6 is 0 Å². The smallest absolute Gasteiger partial charge is 0.258 e. The molecule has 0 bridgehead atoms. The molecule has 0 saturated heterocycles. The van der Waals surface area contributed by atoms with Crippen LogP contribution in [0.3, 0.4) is 0 Å². The summed E-state index contributed by atoms with van der Waals surface area (Å²) in [5.74, 6) is 1.21. The van der Waals surface area contributed by atoms with Gasteiger partial charge in [0.2, 0.25) is 0 Å². The van der Waals surface area contributed by atoms with E-state index in [0.29, 0.717) is 28.4 Å². The van der Waals surface area contributed by atoms with Crippen molar-refractivity contribution < 1.29 is 9.47 Å². The fourth-order valence-corrected chi connectivity index (χ4v) is 2.93. The van der Waals surface area contributed by atoms with Crippen LogP contribution in [0.1, 0.15) is 25.7 Å². The number of hydrogen-bond acceptors (Lipinski definition) is 4. The predicted molar refractivity (Wildman–Crippen MR) is 84.9 cm³/mol. The summed E-state index contributed by atoms with van der Waals surface area (Å²) in [4.78, 5) is 18.6. The first-order valence-corrected chi connectivity index (χ1v) is 7.52. The Bertz CT molecular complexity index is 711. The van der Waals surface area contributed by atoms with Crippen LogP contribution < -0.4 is 15.0 Å². The van der Waals surface area contributed by atoms with Crippen LogP contribution in [0.15, 0.2) is 23.3 Å². The van der Waals surface area contributed by atoms with Crippen LogP contribution in [0.2, 0.25) is 0 Å². The maximum Gasteiger partial charge on any atom is 0.258 e. The molecule has 2 aromatic rings. The summed E-state index contributed by atoms with van der Waals surface area (Å²) in [5, 5.41) is 4.85. The predicted octanol–water partition coefficient (Wildman–Crippen LogP) is 2.63.